The third-order valence-electron chi connectivity index (χ3n) is 3.73. The number of rotatable bonds is 9. The highest BCUT2D eigenvalue weighted by Gasteiger charge is 2.17. The first kappa shape index (κ1) is 16.7. The summed E-state index contributed by atoms with van der Waals surface area (Å²) in [5.74, 6) is 2.97. The standard InChI is InChI=1S/C15H25ClN4S/c1-4-20-15-14(12(2)18-20)17-13(8-9-16)19(15)10-6-5-7-11-21-3/h4-11H2,1-3H3. The Morgan fingerprint density at radius 3 is 2.71 bits per heavy atom. The SMILES string of the molecule is CCn1nc(C)c2nc(CCCl)n(CCCCCSC)c21. The van der Waals surface area contributed by atoms with Crippen molar-refractivity contribution in [3.63, 3.8) is 0 Å². The van der Waals surface area contributed by atoms with Gasteiger partial charge >= 0.3 is 0 Å². The summed E-state index contributed by atoms with van der Waals surface area (Å²) >= 11 is 7.86. The molecule has 2 heterocycles. The Labute approximate surface area is 136 Å². The fraction of sp³-hybridized carbons (Fsp3) is 0.733. The van der Waals surface area contributed by atoms with Gasteiger partial charge in [-0.2, -0.15) is 16.9 Å². The summed E-state index contributed by atoms with van der Waals surface area (Å²) in [5.41, 5.74) is 3.23. The minimum absolute atomic E-state index is 0.616. The average molecular weight is 329 g/mol. The van der Waals surface area contributed by atoms with Crippen molar-refractivity contribution in [2.45, 2.75) is 52.6 Å². The lowest BCUT2D eigenvalue weighted by Crippen LogP contribution is -2.09. The van der Waals surface area contributed by atoms with Gasteiger partial charge in [-0.1, -0.05) is 6.42 Å². The van der Waals surface area contributed by atoms with E-state index in [0.29, 0.717) is 5.88 Å². The first-order valence-electron chi connectivity index (χ1n) is 7.70. The Balaban J connectivity index is 2.22. The number of thioether (sulfide) groups is 1. The summed E-state index contributed by atoms with van der Waals surface area (Å²) in [6.07, 6.45) is 6.73. The number of halogens is 1. The number of alkyl halides is 1. The second-order valence-corrected chi connectivity index (χ2v) is 6.61. The molecule has 0 unspecified atom stereocenters. The lowest BCUT2D eigenvalue weighted by Gasteiger charge is -2.09. The number of hydrogen-bond acceptors (Lipinski definition) is 3. The van der Waals surface area contributed by atoms with Gasteiger partial charge in [0.15, 0.2) is 5.65 Å². The van der Waals surface area contributed by atoms with Crippen LogP contribution in [0.5, 0.6) is 0 Å². The van der Waals surface area contributed by atoms with Crippen LogP contribution >= 0.6 is 23.4 Å². The molecule has 0 bridgehead atoms. The lowest BCUT2D eigenvalue weighted by molar-refractivity contribution is 0.570. The number of hydrogen-bond donors (Lipinski definition) is 0. The topological polar surface area (TPSA) is 35.6 Å². The highest BCUT2D eigenvalue weighted by Crippen LogP contribution is 2.21. The zero-order valence-electron chi connectivity index (χ0n) is 13.2. The van der Waals surface area contributed by atoms with Crippen LogP contribution in [0.4, 0.5) is 0 Å². The number of aromatic nitrogens is 4. The monoisotopic (exact) mass is 328 g/mol. The molecule has 118 valence electrons. The molecule has 0 spiro atoms. The van der Waals surface area contributed by atoms with E-state index in [-0.39, 0.29) is 0 Å². The van der Waals surface area contributed by atoms with E-state index in [4.69, 9.17) is 16.6 Å². The highest BCUT2D eigenvalue weighted by atomic mass is 35.5. The van der Waals surface area contributed by atoms with Gasteiger partial charge in [-0.05, 0) is 38.7 Å². The zero-order valence-corrected chi connectivity index (χ0v) is 14.8. The molecule has 2 aromatic heterocycles. The quantitative estimate of drug-likeness (QED) is 0.517. The molecule has 0 fully saturated rings. The van der Waals surface area contributed by atoms with E-state index in [2.05, 4.69) is 27.5 Å². The van der Waals surface area contributed by atoms with Crippen LogP contribution in [-0.2, 0) is 19.5 Å². The fourth-order valence-corrected chi connectivity index (χ4v) is 3.36. The van der Waals surface area contributed by atoms with Crippen molar-refractivity contribution in [3.05, 3.63) is 11.5 Å². The van der Waals surface area contributed by atoms with Crippen LogP contribution in [0, 0.1) is 6.92 Å². The average Bonchev–Trinajstić information content (AvgIpc) is 2.98. The third kappa shape index (κ3) is 3.75. The normalized spacial score (nSPS) is 11.6. The molecule has 0 amide bonds. The molecule has 2 rings (SSSR count). The van der Waals surface area contributed by atoms with Crippen molar-refractivity contribution >= 4 is 34.5 Å². The molecule has 21 heavy (non-hydrogen) atoms. The van der Waals surface area contributed by atoms with Crippen LogP contribution in [0.25, 0.3) is 11.2 Å². The van der Waals surface area contributed by atoms with E-state index in [1.165, 1.54) is 30.7 Å². The summed E-state index contributed by atoms with van der Waals surface area (Å²) in [7, 11) is 0. The molecule has 0 saturated carbocycles. The van der Waals surface area contributed by atoms with Gasteiger partial charge in [-0.15, -0.1) is 11.6 Å². The molecule has 0 aromatic carbocycles. The molecular formula is C15H25ClN4S. The molecule has 6 heteroatoms. The largest absolute Gasteiger partial charge is 0.313 e. The van der Waals surface area contributed by atoms with Gasteiger partial charge in [0, 0.05) is 25.4 Å². The van der Waals surface area contributed by atoms with E-state index in [1.54, 1.807) is 0 Å². The highest BCUT2D eigenvalue weighted by molar-refractivity contribution is 7.98. The van der Waals surface area contributed by atoms with Crippen LogP contribution in [0.3, 0.4) is 0 Å². The molecular weight excluding hydrogens is 304 g/mol. The molecule has 4 nitrogen and oxygen atoms in total. The van der Waals surface area contributed by atoms with Crippen molar-refractivity contribution in [2.75, 3.05) is 17.9 Å². The molecule has 0 aliphatic carbocycles. The number of fused-ring (bicyclic) bond motifs is 1. The Bertz CT molecular complexity index is 576. The van der Waals surface area contributed by atoms with E-state index >= 15 is 0 Å². The number of imidazole rings is 1. The summed E-state index contributed by atoms with van der Waals surface area (Å²) in [6, 6.07) is 0. The maximum absolute atomic E-state index is 5.94. The summed E-state index contributed by atoms with van der Waals surface area (Å²) in [5, 5.41) is 4.58. The van der Waals surface area contributed by atoms with E-state index in [0.717, 1.165) is 36.5 Å². The summed E-state index contributed by atoms with van der Waals surface area (Å²) in [4.78, 5) is 4.78. The van der Waals surface area contributed by atoms with Crippen molar-refractivity contribution in [3.8, 4) is 0 Å². The van der Waals surface area contributed by atoms with E-state index in [1.807, 2.05) is 18.7 Å². The number of nitrogens with zero attached hydrogens (tertiary/aromatic N) is 4. The minimum Gasteiger partial charge on any atom is -0.313 e. The number of unbranched alkanes of at least 4 members (excludes halogenated alkanes) is 2. The van der Waals surface area contributed by atoms with Gasteiger partial charge in [0.1, 0.15) is 11.3 Å². The molecule has 0 atom stereocenters. The van der Waals surface area contributed by atoms with Gasteiger partial charge in [-0.25, -0.2) is 9.67 Å². The maximum atomic E-state index is 5.94. The van der Waals surface area contributed by atoms with Gasteiger partial charge in [0.25, 0.3) is 0 Å². The summed E-state index contributed by atoms with van der Waals surface area (Å²) in [6.45, 7) is 6.06. The second-order valence-electron chi connectivity index (χ2n) is 5.25. The van der Waals surface area contributed by atoms with E-state index in [9.17, 15) is 0 Å². The minimum atomic E-state index is 0.616. The van der Waals surface area contributed by atoms with Crippen LogP contribution in [0.1, 0.15) is 37.7 Å². The Morgan fingerprint density at radius 1 is 1.24 bits per heavy atom. The third-order valence-corrected chi connectivity index (χ3v) is 4.61. The van der Waals surface area contributed by atoms with Crippen LogP contribution < -0.4 is 0 Å². The Kier molecular flexibility index (Phi) is 6.42. The first-order chi connectivity index (χ1) is 10.2. The molecule has 0 aliphatic rings. The van der Waals surface area contributed by atoms with Crippen molar-refractivity contribution in [2.24, 2.45) is 0 Å². The number of aryl methyl sites for hydroxylation is 4. The van der Waals surface area contributed by atoms with Gasteiger partial charge < -0.3 is 4.57 Å². The lowest BCUT2D eigenvalue weighted by atomic mass is 10.2. The smallest absolute Gasteiger partial charge is 0.158 e. The second kappa shape index (κ2) is 8.08. The van der Waals surface area contributed by atoms with E-state index < -0.39 is 0 Å². The van der Waals surface area contributed by atoms with Gasteiger partial charge in [0.05, 0.1) is 5.69 Å². The van der Waals surface area contributed by atoms with Gasteiger partial charge in [0.2, 0.25) is 0 Å². The first-order valence-corrected chi connectivity index (χ1v) is 9.63. The van der Waals surface area contributed by atoms with Crippen LogP contribution in [-0.4, -0.2) is 37.2 Å². The Hall–Kier alpha value is -0.680. The predicted molar refractivity (Wildman–Crippen MR) is 92.6 cm³/mol. The van der Waals surface area contributed by atoms with Crippen LogP contribution in [0.15, 0.2) is 0 Å². The van der Waals surface area contributed by atoms with Crippen LogP contribution in [0.2, 0.25) is 0 Å². The molecule has 0 N–H and O–H groups in total. The maximum Gasteiger partial charge on any atom is 0.158 e. The van der Waals surface area contributed by atoms with Crippen molar-refractivity contribution < 1.29 is 0 Å². The molecule has 0 aliphatic heterocycles. The fourth-order valence-electron chi connectivity index (χ4n) is 2.69. The Morgan fingerprint density at radius 2 is 2.05 bits per heavy atom. The zero-order chi connectivity index (χ0) is 15.2. The summed E-state index contributed by atoms with van der Waals surface area (Å²) < 4.78 is 4.40. The van der Waals surface area contributed by atoms with Crippen molar-refractivity contribution in [1.82, 2.24) is 19.3 Å². The molecule has 2 aromatic rings. The van der Waals surface area contributed by atoms with Gasteiger partial charge in [-0.3, -0.25) is 0 Å². The van der Waals surface area contributed by atoms with Crippen molar-refractivity contribution in [1.29, 1.82) is 0 Å². The predicted octanol–water partition coefficient (Wildman–Crippen LogP) is 3.88. The molecule has 0 radical (unpaired) electrons. The molecule has 0 saturated heterocycles.